The van der Waals surface area contributed by atoms with Crippen molar-refractivity contribution in [2.24, 2.45) is 0 Å². The maximum absolute atomic E-state index is 7.57. The largest absolute Gasteiger partial charge is 0.397 e. The van der Waals surface area contributed by atoms with Crippen LogP contribution in [-0.2, 0) is 0 Å². The number of rotatable bonds is 0. The monoisotopic (exact) mass is 102 g/mol. The summed E-state index contributed by atoms with van der Waals surface area (Å²) in [5.41, 5.74) is 0. The second kappa shape index (κ2) is 17.3. The predicted octanol–water partition coefficient (Wildman–Crippen LogP) is 1.58. The van der Waals surface area contributed by atoms with E-state index >= 15 is 0 Å². The highest BCUT2D eigenvalue weighted by atomic mass is 16.2. The van der Waals surface area contributed by atoms with Crippen LogP contribution in [0.15, 0.2) is 12.2 Å². The summed E-state index contributed by atoms with van der Waals surface area (Å²) in [6.07, 6.45) is 4.00. The molecule has 0 spiro atoms. The lowest BCUT2D eigenvalue weighted by molar-refractivity contribution is 0.318. The summed E-state index contributed by atoms with van der Waals surface area (Å²) in [6, 6.07) is 0. The van der Waals surface area contributed by atoms with E-state index in [1.165, 1.54) is 0 Å². The first kappa shape index (κ1) is 9.85. The van der Waals surface area contributed by atoms with E-state index in [4.69, 9.17) is 5.11 Å². The van der Waals surface area contributed by atoms with Gasteiger partial charge in [-0.1, -0.05) is 12.2 Å². The average Bonchev–Trinajstić information content (AvgIpc) is 1.69. The van der Waals surface area contributed by atoms with Gasteiger partial charge >= 0.3 is 0 Å². The van der Waals surface area contributed by atoms with Crippen LogP contribution < -0.4 is 0 Å². The first-order valence-electron chi connectivity index (χ1n) is 2.51. The molecule has 0 fully saturated rings. The highest BCUT2D eigenvalue weighted by molar-refractivity contribution is 4.68. The molecule has 7 heavy (non-hydrogen) atoms. The number of aliphatic hydroxyl groups excluding tert-OH is 1. The Labute approximate surface area is 45.7 Å². The maximum Gasteiger partial charge on any atom is 0.0402 e. The molecule has 0 aromatic rings. The molecule has 1 N–H and O–H groups in total. The van der Waals surface area contributed by atoms with Gasteiger partial charge in [-0.15, -0.1) is 0 Å². The summed E-state index contributed by atoms with van der Waals surface area (Å²) in [4.78, 5) is 0. The molecule has 1 nitrogen and oxygen atoms in total. The third-order valence-electron chi connectivity index (χ3n) is 0.333. The number of hydrogen-bond donors (Lipinski definition) is 1. The van der Waals surface area contributed by atoms with E-state index in [-0.39, 0.29) is 6.61 Å². The van der Waals surface area contributed by atoms with Gasteiger partial charge in [0, 0.05) is 6.61 Å². The van der Waals surface area contributed by atoms with E-state index in [9.17, 15) is 0 Å². The lowest BCUT2D eigenvalue weighted by Gasteiger charge is -1.52. The molecule has 0 aliphatic rings. The highest BCUT2D eigenvalue weighted by Gasteiger charge is 1.34. The lowest BCUT2D eigenvalue weighted by atomic mass is 10.6. The summed E-state index contributed by atoms with van der Waals surface area (Å²) in [7, 11) is 0. The Morgan fingerprint density at radius 1 is 1.29 bits per heavy atom. The van der Waals surface area contributed by atoms with Crippen LogP contribution in [0.4, 0.5) is 0 Å². The molecule has 0 saturated heterocycles. The Hall–Kier alpha value is -0.300. The minimum atomic E-state index is 0.250. The fraction of sp³-hybridized carbons (Fsp3) is 0.667. The zero-order valence-corrected chi connectivity index (χ0v) is 5.31. The molecule has 0 unspecified atom stereocenters. The molecule has 0 atom stereocenters. The quantitative estimate of drug-likeness (QED) is 0.460. The van der Waals surface area contributed by atoms with Crippen LogP contribution in [-0.4, -0.2) is 11.7 Å². The molecule has 0 heterocycles. The number of allylic oxidation sites excluding steroid dienone is 2. The minimum absolute atomic E-state index is 0.250. The van der Waals surface area contributed by atoms with Crippen LogP contribution in [0.2, 0.25) is 0 Å². The van der Waals surface area contributed by atoms with Gasteiger partial charge in [0.2, 0.25) is 0 Å². The summed E-state index contributed by atoms with van der Waals surface area (Å²) >= 11 is 0. The SMILES string of the molecule is C/C=C/C.CCO. The molecule has 0 aliphatic carbocycles. The molecular weight excluding hydrogens is 88.1 g/mol. The normalized spacial score (nSPS) is 8.00. The molecule has 1 heteroatoms. The molecule has 44 valence electrons. The molecule has 0 aromatic heterocycles. The molecule has 0 radical (unpaired) electrons. The van der Waals surface area contributed by atoms with E-state index in [1.807, 2.05) is 26.0 Å². The first-order valence-corrected chi connectivity index (χ1v) is 2.51. The van der Waals surface area contributed by atoms with Gasteiger partial charge in [-0.3, -0.25) is 0 Å². The average molecular weight is 102 g/mol. The number of aliphatic hydroxyl groups is 1. The van der Waals surface area contributed by atoms with Crippen molar-refractivity contribution in [1.29, 1.82) is 0 Å². The highest BCUT2D eigenvalue weighted by Crippen LogP contribution is 1.57. The first-order chi connectivity index (χ1) is 3.33. The van der Waals surface area contributed by atoms with Gasteiger partial charge < -0.3 is 5.11 Å². The van der Waals surface area contributed by atoms with Crippen molar-refractivity contribution in [3.63, 3.8) is 0 Å². The predicted molar refractivity (Wildman–Crippen MR) is 33.2 cm³/mol. The van der Waals surface area contributed by atoms with Crippen molar-refractivity contribution < 1.29 is 5.11 Å². The van der Waals surface area contributed by atoms with Gasteiger partial charge in [0.15, 0.2) is 0 Å². The van der Waals surface area contributed by atoms with Crippen molar-refractivity contribution in [2.75, 3.05) is 6.61 Å². The number of hydrogen-bond acceptors (Lipinski definition) is 1. The maximum atomic E-state index is 7.57. The van der Waals surface area contributed by atoms with Crippen molar-refractivity contribution in [1.82, 2.24) is 0 Å². The Balaban J connectivity index is 0. The van der Waals surface area contributed by atoms with Crippen LogP contribution in [0, 0.1) is 0 Å². The fourth-order valence-electron chi connectivity index (χ4n) is 0. The van der Waals surface area contributed by atoms with Crippen LogP contribution in [0.1, 0.15) is 20.8 Å². The van der Waals surface area contributed by atoms with Crippen LogP contribution in [0.25, 0.3) is 0 Å². The third kappa shape index (κ3) is 159. The molecule has 0 amide bonds. The van der Waals surface area contributed by atoms with Crippen molar-refractivity contribution in [2.45, 2.75) is 20.8 Å². The topological polar surface area (TPSA) is 20.2 Å². The van der Waals surface area contributed by atoms with E-state index in [0.717, 1.165) is 0 Å². The Morgan fingerprint density at radius 2 is 1.43 bits per heavy atom. The summed E-state index contributed by atoms with van der Waals surface area (Å²) in [5, 5.41) is 7.57. The van der Waals surface area contributed by atoms with Crippen LogP contribution in [0.5, 0.6) is 0 Å². The molecule has 0 bridgehead atoms. The van der Waals surface area contributed by atoms with Crippen LogP contribution in [0.3, 0.4) is 0 Å². The van der Waals surface area contributed by atoms with E-state index in [2.05, 4.69) is 0 Å². The Kier molecular flexibility index (Phi) is 24.3. The van der Waals surface area contributed by atoms with Gasteiger partial charge in [0.05, 0.1) is 0 Å². The van der Waals surface area contributed by atoms with Crippen molar-refractivity contribution >= 4 is 0 Å². The molecule has 0 saturated carbocycles. The second-order valence-corrected chi connectivity index (χ2v) is 0.983. The smallest absolute Gasteiger partial charge is 0.0402 e. The lowest BCUT2D eigenvalue weighted by Crippen LogP contribution is -1.57. The van der Waals surface area contributed by atoms with Gasteiger partial charge in [0.1, 0.15) is 0 Å². The minimum Gasteiger partial charge on any atom is -0.397 e. The third-order valence-corrected chi connectivity index (χ3v) is 0.333. The molecular formula is C6H14O. The van der Waals surface area contributed by atoms with Crippen LogP contribution >= 0.6 is 0 Å². The zero-order chi connectivity index (χ0) is 6.12. The van der Waals surface area contributed by atoms with Gasteiger partial charge in [-0.05, 0) is 20.8 Å². The summed E-state index contributed by atoms with van der Waals surface area (Å²) in [6.45, 7) is 5.93. The molecule has 0 aromatic carbocycles. The Bertz CT molecular complexity index is 27.2. The summed E-state index contributed by atoms with van der Waals surface area (Å²) in [5.74, 6) is 0. The fourth-order valence-corrected chi connectivity index (χ4v) is 0. The molecule has 0 aliphatic heterocycles. The van der Waals surface area contributed by atoms with Gasteiger partial charge in [-0.2, -0.15) is 0 Å². The summed E-state index contributed by atoms with van der Waals surface area (Å²) < 4.78 is 0. The zero-order valence-electron chi connectivity index (χ0n) is 5.31. The van der Waals surface area contributed by atoms with Gasteiger partial charge in [-0.25, -0.2) is 0 Å². The van der Waals surface area contributed by atoms with Gasteiger partial charge in [0.25, 0.3) is 0 Å². The Morgan fingerprint density at radius 3 is 1.43 bits per heavy atom. The van der Waals surface area contributed by atoms with Crippen molar-refractivity contribution in [3.8, 4) is 0 Å². The standard InChI is InChI=1S/C4H8.C2H6O/c1-3-4-2;1-2-3/h3-4H,1-2H3;3H,2H2,1H3/b4-3+;. The van der Waals surface area contributed by atoms with E-state index in [1.54, 1.807) is 6.92 Å². The molecule has 0 rings (SSSR count). The van der Waals surface area contributed by atoms with Crippen molar-refractivity contribution in [3.05, 3.63) is 12.2 Å². The van der Waals surface area contributed by atoms with E-state index < -0.39 is 0 Å². The van der Waals surface area contributed by atoms with E-state index in [0.29, 0.717) is 0 Å². The second-order valence-electron chi connectivity index (χ2n) is 0.983.